The van der Waals surface area contributed by atoms with Crippen molar-refractivity contribution >= 4 is 11.6 Å². The van der Waals surface area contributed by atoms with Crippen molar-refractivity contribution in [3.8, 4) is 0 Å². The molecule has 0 saturated heterocycles. The van der Waals surface area contributed by atoms with Gasteiger partial charge in [-0.1, -0.05) is 50.1 Å². The van der Waals surface area contributed by atoms with Gasteiger partial charge in [0.1, 0.15) is 0 Å². The number of carbonyl (C=O) groups is 1. The van der Waals surface area contributed by atoms with Crippen LogP contribution in [0.3, 0.4) is 0 Å². The number of aromatic amines is 1. The van der Waals surface area contributed by atoms with Gasteiger partial charge in [0.05, 0.1) is 5.71 Å². The Hall–Kier alpha value is -2.43. The molecule has 22 heavy (non-hydrogen) atoms. The molecule has 0 fully saturated rings. The van der Waals surface area contributed by atoms with Crippen molar-refractivity contribution < 1.29 is 4.79 Å². The number of nitrogens with one attached hydrogen (secondary N) is 2. The van der Waals surface area contributed by atoms with Crippen LogP contribution >= 0.6 is 0 Å². The maximum absolute atomic E-state index is 12.0. The van der Waals surface area contributed by atoms with Crippen LogP contribution < -0.4 is 5.43 Å². The van der Waals surface area contributed by atoms with Crippen LogP contribution in [0.15, 0.2) is 41.5 Å². The van der Waals surface area contributed by atoms with E-state index in [1.165, 1.54) is 0 Å². The first-order valence-electron chi connectivity index (χ1n) is 7.65. The Morgan fingerprint density at radius 2 is 2.05 bits per heavy atom. The molecule has 5 heteroatoms. The Morgan fingerprint density at radius 1 is 1.27 bits per heavy atom. The summed E-state index contributed by atoms with van der Waals surface area (Å²) in [4.78, 5) is 12.0. The molecular weight excluding hydrogens is 276 g/mol. The highest BCUT2D eigenvalue weighted by molar-refractivity contribution is 6.02. The lowest BCUT2D eigenvalue weighted by Crippen LogP contribution is -2.20. The Bertz CT molecular complexity index is 631. The van der Waals surface area contributed by atoms with Crippen LogP contribution in [0.1, 0.15) is 54.4 Å². The number of hydrogen-bond donors (Lipinski definition) is 2. The number of benzene rings is 1. The van der Waals surface area contributed by atoms with E-state index in [1.54, 1.807) is 6.07 Å². The topological polar surface area (TPSA) is 70.1 Å². The van der Waals surface area contributed by atoms with Gasteiger partial charge in [-0.3, -0.25) is 9.89 Å². The largest absolute Gasteiger partial charge is 0.291 e. The molecule has 2 aromatic rings. The molecule has 2 rings (SSSR count). The number of aromatic nitrogens is 2. The number of H-pyrrole nitrogens is 1. The first-order valence-corrected chi connectivity index (χ1v) is 7.65. The molecule has 0 spiro atoms. The van der Waals surface area contributed by atoms with Crippen molar-refractivity contribution in [2.75, 3.05) is 0 Å². The van der Waals surface area contributed by atoms with Gasteiger partial charge < -0.3 is 0 Å². The minimum Gasteiger partial charge on any atom is -0.282 e. The van der Waals surface area contributed by atoms with Crippen molar-refractivity contribution in [1.82, 2.24) is 15.6 Å². The Balaban J connectivity index is 2.08. The average Bonchev–Trinajstić information content (AvgIpc) is 2.98. The highest BCUT2D eigenvalue weighted by Gasteiger charge is 2.09. The molecule has 0 saturated carbocycles. The molecule has 0 radical (unpaired) electrons. The van der Waals surface area contributed by atoms with Crippen LogP contribution in [0.2, 0.25) is 0 Å². The summed E-state index contributed by atoms with van der Waals surface area (Å²) in [7, 11) is 0. The zero-order valence-corrected chi connectivity index (χ0v) is 13.1. The smallest absolute Gasteiger partial charge is 0.282 e. The lowest BCUT2D eigenvalue weighted by Gasteiger charge is -2.07. The van der Waals surface area contributed by atoms with Crippen LogP contribution in [0.5, 0.6) is 0 Å². The zero-order valence-electron chi connectivity index (χ0n) is 13.1. The molecule has 0 unspecified atom stereocenters. The molecule has 0 aliphatic rings. The zero-order chi connectivity index (χ0) is 15.8. The van der Waals surface area contributed by atoms with Crippen molar-refractivity contribution in [2.45, 2.75) is 39.5 Å². The van der Waals surface area contributed by atoms with Gasteiger partial charge in [0.15, 0.2) is 5.69 Å². The summed E-state index contributed by atoms with van der Waals surface area (Å²) in [6.45, 7) is 4.02. The number of unbranched alkanes of at least 4 members (excludes halogenated alkanes) is 2. The second-order valence-electron chi connectivity index (χ2n) is 5.26. The van der Waals surface area contributed by atoms with Gasteiger partial charge in [-0.15, -0.1) is 0 Å². The third kappa shape index (κ3) is 4.55. The monoisotopic (exact) mass is 298 g/mol. The van der Waals surface area contributed by atoms with E-state index in [0.29, 0.717) is 5.69 Å². The number of nitrogens with zero attached hydrogens (tertiary/aromatic N) is 2. The van der Waals surface area contributed by atoms with Gasteiger partial charge >= 0.3 is 0 Å². The second kappa shape index (κ2) is 8.12. The number of aryl methyl sites for hydroxylation is 1. The number of hydrazone groups is 1. The van der Waals surface area contributed by atoms with E-state index in [-0.39, 0.29) is 5.91 Å². The quantitative estimate of drug-likeness (QED) is 0.467. The van der Waals surface area contributed by atoms with Gasteiger partial charge in [0.25, 0.3) is 5.91 Å². The Kier molecular flexibility index (Phi) is 5.89. The van der Waals surface area contributed by atoms with Crippen LogP contribution in [0.25, 0.3) is 0 Å². The summed E-state index contributed by atoms with van der Waals surface area (Å²) in [6, 6.07) is 11.6. The molecule has 0 atom stereocenters. The molecule has 1 aromatic heterocycles. The molecule has 1 aromatic carbocycles. The molecule has 2 N–H and O–H groups in total. The van der Waals surface area contributed by atoms with E-state index in [4.69, 9.17) is 0 Å². The predicted molar refractivity (Wildman–Crippen MR) is 87.9 cm³/mol. The van der Waals surface area contributed by atoms with Crippen LogP contribution in [0.4, 0.5) is 0 Å². The first kappa shape index (κ1) is 15.9. The summed E-state index contributed by atoms with van der Waals surface area (Å²) in [5, 5.41) is 11.0. The van der Waals surface area contributed by atoms with E-state index in [9.17, 15) is 4.79 Å². The minimum atomic E-state index is -0.298. The molecular formula is C17H22N4O. The minimum absolute atomic E-state index is 0.298. The fourth-order valence-corrected chi connectivity index (χ4v) is 2.15. The third-order valence-electron chi connectivity index (χ3n) is 3.36. The molecule has 1 heterocycles. The SMILES string of the molecule is CCCCC/C(=N\NC(=O)c1cc(C)[nH]n1)c1ccccc1. The summed E-state index contributed by atoms with van der Waals surface area (Å²) < 4.78 is 0. The molecule has 116 valence electrons. The van der Waals surface area contributed by atoms with E-state index in [2.05, 4.69) is 27.6 Å². The fourth-order valence-electron chi connectivity index (χ4n) is 2.15. The molecule has 0 bridgehead atoms. The van der Waals surface area contributed by atoms with Gasteiger partial charge in [-0.2, -0.15) is 10.2 Å². The van der Waals surface area contributed by atoms with Gasteiger partial charge in [-0.25, -0.2) is 5.43 Å². The summed E-state index contributed by atoms with van der Waals surface area (Å²) in [6.07, 6.45) is 4.21. The fraction of sp³-hybridized carbons (Fsp3) is 0.353. The number of carbonyl (C=O) groups excluding carboxylic acids is 1. The Labute approximate surface area is 130 Å². The van der Waals surface area contributed by atoms with Crippen molar-refractivity contribution in [2.24, 2.45) is 5.10 Å². The van der Waals surface area contributed by atoms with Gasteiger partial charge in [0, 0.05) is 5.69 Å². The Morgan fingerprint density at radius 3 is 2.68 bits per heavy atom. The lowest BCUT2D eigenvalue weighted by molar-refractivity contribution is 0.0949. The summed E-state index contributed by atoms with van der Waals surface area (Å²) in [5.74, 6) is -0.298. The highest BCUT2D eigenvalue weighted by Crippen LogP contribution is 2.09. The maximum Gasteiger partial charge on any atom is 0.291 e. The predicted octanol–water partition coefficient (Wildman–Crippen LogP) is 3.43. The lowest BCUT2D eigenvalue weighted by atomic mass is 10.0. The number of amides is 1. The van der Waals surface area contributed by atoms with Crippen LogP contribution in [-0.4, -0.2) is 21.8 Å². The summed E-state index contributed by atoms with van der Waals surface area (Å²) >= 11 is 0. The maximum atomic E-state index is 12.0. The molecule has 5 nitrogen and oxygen atoms in total. The molecule has 1 amide bonds. The van der Waals surface area contributed by atoms with Crippen molar-refractivity contribution in [3.63, 3.8) is 0 Å². The van der Waals surface area contributed by atoms with Crippen molar-refractivity contribution in [1.29, 1.82) is 0 Å². The normalized spacial score (nSPS) is 11.5. The van der Waals surface area contributed by atoms with E-state index < -0.39 is 0 Å². The van der Waals surface area contributed by atoms with E-state index in [1.807, 2.05) is 37.3 Å². The average molecular weight is 298 g/mol. The number of hydrogen-bond acceptors (Lipinski definition) is 3. The third-order valence-corrected chi connectivity index (χ3v) is 3.36. The van der Waals surface area contributed by atoms with Crippen molar-refractivity contribution in [3.05, 3.63) is 53.3 Å². The van der Waals surface area contributed by atoms with E-state index in [0.717, 1.165) is 42.7 Å². The molecule has 0 aliphatic heterocycles. The van der Waals surface area contributed by atoms with Gasteiger partial charge in [0.2, 0.25) is 0 Å². The molecule has 0 aliphatic carbocycles. The van der Waals surface area contributed by atoms with Gasteiger partial charge in [-0.05, 0) is 31.4 Å². The van der Waals surface area contributed by atoms with Crippen LogP contribution in [-0.2, 0) is 0 Å². The van der Waals surface area contributed by atoms with E-state index >= 15 is 0 Å². The summed E-state index contributed by atoms with van der Waals surface area (Å²) in [5.41, 5.74) is 5.74. The standard InChI is InChI=1S/C17H22N4O/c1-3-4-6-11-15(14-9-7-5-8-10-14)19-21-17(22)16-12-13(2)18-20-16/h5,7-10,12H,3-4,6,11H2,1-2H3,(H,18,20)(H,21,22)/b19-15+. The first-order chi connectivity index (χ1) is 10.7. The van der Waals surface area contributed by atoms with Crippen LogP contribution in [0, 0.1) is 6.92 Å². The highest BCUT2D eigenvalue weighted by atomic mass is 16.2. The second-order valence-corrected chi connectivity index (χ2v) is 5.26. The number of rotatable bonds is 7.